The minimum absolute atomic E-state index is 0.190. The third-order valence-electron chi connectivity index (χ3n) is 5.83. The van der Waals surface area contributed by atoms with Gasteiger partial charge in [0.05, 0.1) is 24.0 Å². The van der Waals surface area contributed by atoms with Crippen LogP contribution in [0.2, 0.25) is 0 Å². The molecule has 0 saturated carbocycles. The van der Waals surface area contributed by atoms with E-state index in [0.29, 0.717) is 6.54 Å². The molecule has 1 aromatic heterocycles. The smallest absolute Gasteiger partial charge is 0.318 e. The van der Waals surface area contributed by atoms with E-state index in [1.165, 1.54) is 0 Å². The summed E-state index contributed by atoms with van der Waals surface area (Å²) in [4.78, 5) is 16.3. The highest BCUT2D eigenvalue weighted by Gasteiger charge is 2.33. The Morgan fingerprint density at radius 1 is 1.00 bits per heavy atom. The topological polar surface area (TPSA) is 37.3 Å². The lowest BCUT2D eigenvalue weighted by Crippen LogP contribution is -2.38. The molecule has 0 bridgehead atoms. The summed E-state index contributed by atoms with van der Waals surface area (Å²) in [6.45, 7) is 0.301. The van der Waals surface area contributed by atoms with Gasteiger partial charge in [-0.3, -0.25) is 0 Å². The molecule has 0 fully saturated rings. The van der Waals surface area contributed by atoms with E-state index >= 15 is 0 Å². The molecule has 0 radical (unpaired) electrons. The molecule has 1 aliphatic rings. The molecule has 1 N–H and O–H groups in total. The number of halogens is 2. The highest BCUT2D eigenvalue weighted by Crippen LogP contribution is 2.37. The zero-order valence-corrected chi connectivity index (χ0v) is 18.7. The minimum atomic E-state index is -0.691. The van der Waals surface area contributed by atoms with Gasteiger partial charge in [-0.2, -0.15) is 0 Å². The van der Waals surface area contributed by atoms with Crippen LogP contribution in [0.5, 0.6) is 0 Å². The fraction of sp³-hybridized carbons (Fsp3) is 0.115. The number of anilines is 1. The van der Waals surface area contributed by atoms with E-state index in [0.717, 1.165) is 45.6 Å². The standard InChI is InChI=1S/C26H21F2N3OS/c1-33-20-11-8-17(9-12-20)25-24-7-4-14-30(24)23-6-3-2-5-18(23)16-31(25)26(32)29-22-15-19(27)10-13-21(22)28/h2-15,25H,16H2,1H3,(H,29,32)/t25-/m1/s1. The zero-order valence-electron chi connectivity index (χ0n) is 17.8. The molecule has 1 atom stereocenters. The van der Waals surface area contributed by atoms with Crippen LogP contribution in [0.4, 0.5) is 19.3 Å². The van der Waals surface area contributed by atoms with Gasteiger partial charge in [0.1, 0.15) is 11.6 Å². The Bertz CT molecular complexity index is 1320. The third kappa shape index (κ3) is 4.00. The van der Waals surface area contributed by atoms with Gasteiger partial charge in [-0.1, -0.05) is 30.3 Å². The number of carbonyl (C=O) groups excluding carboxylic acids is 1. The molecule has 33 heavy (non-hydrogen) atoms. The average Bonchev–Trinajstić information content (AvgIpc) is 3.26. The van der Waals surface area contributed by atoms with Crippen LogP contribution in [0, 0.1) is 11.6 Å². The van der Waals surface area contributed by atoms with Gasteiger partial charge < -0.3 is 14.8 Å². The van der Waals surface area contributed by atoms with Gasteiger partial charge in [0.15, 0.2) is 0 Å². The van der Waals surface area contributed by atoms with Gasteiger partial charge in [0.2, 0.25) is 0 Å². The highest BCUT2D eigenvalue weighted by molar-refractivity contribution is 7.98. The van der Waals surface area contributed by atoms with Crippen LogP contribution in [0.3, 0.4) is 0 Å². The number of hydrogen-bond donors (Lipinski definition) is 1. The summed E-state index contributed by atoms with van der Waals surface area (Å²) in [7, 11) is 0. The predicted molar refractivity (Wildman–Crippen MR) is 127 cm³/mol. The number of carbonyl (C=O) groups is 1. The van der Waals surface area contributed by atoms with Crippen molar-refractivity contribution >= 4 is 23.5 Å². The fourth-order valence-electron chi connectivity index (χ4n) is 4.26. The van der Waals surface area contributed by atoms with E-state index in [1.807, 2.05) is 73.1 Å². The molecule has 4 aromatic rings. The Kier molecular flexibility index (Phi) is 5.64. The molecule has 1 aliphatic heterocycles. The van der Waals surface area contributed by atoms with Crippen molar-refractivity contribution in [2.75, 3.05) is 11.6 Å². The fourth-order valence-corrected chi connectivity index (χ4v) is 4.66. The summed E-state index contributed by atoms with van der Waals surface area (Å²) < 4.78 is 30.1. The third-order valence-corrected chi connectivity index (χ3v) is 6.57. The highest BCUT2D eigenvalue weighted by atomic mass is 32.2. The monoisotopic (exact) mass is 461 g/mol. The van der Waals surface area contributed by atoms with E-state index in [1.54, 1.807) is 16.7 Å². The van der Waals surface area contributed by atoms with Crippen LogP contribution in [0.25, 0.3) is 5.69 Å². The number of nitrogens with one attached hydrogen (secondary N) is 1. The number of para-hydroxylation sites is 1. The van der Waals surface area contributed by atoms with Crippen LogP contribution in [-0.4, -0.2) is 21.8 Å². The number of nitrogens with zero attached hydrogens (tertiary/aromatic N) is 2. The van der Waals surface area contributed by atoms with Gasteiger partial charge in [-0.05, 0) is 59.8 Å². The maximum Gasteiger partial charge on any atom is 0.323 e. The maximum atomic E-state index is 14.3. The number of amides is 2. The van der Waals surface area contributed by atoms with Crippen molar-refractivity contribution in [2.24, 2.45) is 0 Å². The molecule has 0 aliphatic carbocycles. The summed E-state index contributed by atoms with van der Waals surface area (Å²) in [6.07, 6.45) is 3.99. The van der Waals surface area contributed by atoms with Crippen LogP contribution < -0.4 is 5.32 Å². The Balaban J connectivity index is 1.63. The van der Waals surface area contributed by atoms with Crippen LogP contribution in [0.15, 0.2) is 90.0 Å². The molecule has 0 saturated heterocycles. The molecule has 0 spiro atoms. The molecule has 4 nitrogen and oxygen atoms in total. The summed E-state index contributed by atoms with van der Waals surface area (Å²) in [5.41, 5.74) is 3.58. The molecular formula is C26H21F2N3OS. The van der Waals surface area contributed by atoms with Crippen molar-refractivity contribution in [2.45, 2.75) is 17.5 Å². The number of rotatable bonds is 3. The van der Waals surface area contributed by atoms with Gasteiger partial charge in [0, 0.05) is 22.9 Å². The average molecular weight is 462 g/mol. The number of fused-ring (bicyclic) bond motifs is 3. The SMILES string of the molecule is CSc1ccc([C@@H]2c3cccn3-c3ccccc3CN2C(=O)Nc2cc(F)ccc2F)cc1. The first-order valence-corrected chi connectivity index (χ1v) is 11.7. The van der Waals surface area contributed by atoms with Gasteiger partial charge >= 0.3 is 6.03 Å². The molecular weight excluding hydrogens is 440 g/mol. The first-order chi connectivity index (χ1) is 16.0. The Morgan fingerprint density at radius 3 is 2.58 bits per heavy atom. The molecule has 166 valence electrons. The largest absolute Gasteiger partial charge is 0.323 e. The van der Waals surface area contributed by atoms with Crippen molar-refractivity contribution in [3.8, 4) is 5.69 Å². The van der Waals surface area contributed by atoms with E-state index < -0.39 is 23.7 Å². The van der Waals surface area contributed by atoms with Crippen LogP contribution >= 0.6 is 11.8 Å². The minimum Gasteiger partial charge on any atom is -0.318 e. The van der Waals surface area contributed by atoms with E-state index in [-0.39, 0.29) is 5.69 Å². The summed E-state index contributed by atoms with van der Waals surface area (Å²) in [6, 6.07) is 21.9. The Morgan fingerprint density at radius 2 is 1.79 bits per heavy atom. The second-order valence-corrected chi connectivity index (χ2v) is 8.67. The van der Waals surface area contributed by atoms with Gasteiger partial charge in [-0.25, -0.2) is 13.6 Å². The van der Waals surface area contributed by atoms with Crippen molar-refractivity contribution in [3.05, 3.63) is 114 Å². The number of benzene rings is 3. The number of aromatic nitrogens is 1. The number of hydrogen-bond acceptors (Lipinski definition) is 2. The van der Waals surface area contributed by atoms with Crippen molar-refractivity contribution < 1.29 is 13.6 Å². The summed E-state index contributed by atoms with van der Waals surface area (Å²) in [5.74, 6) is -1.31. The predicted octanol–water partition coefficient (Wildman–Crippen LogP) is 6.61. The van der Waals surface area contributed by atoms with E-state index in [4.69, 9.17) is 0 Å². The zero-order chi connectivity index (χ0) is 22.9. The van der Waals surface area contributed by atoms with E-state index in [9.17, 15) is 13.6 Å². The molecule has 3 aromatic carbocycles. The molecule has 0 unspecified atom stereocenters. The lowest BCUT2D eigenvalue weighted by Gasteiger charge is -2.31. The second-order valence-electron chi connectivity index (χ2n) is 7.79. The maximum absolute atomic E-state index is 14.3. The number of thioether (sulfide) groups is 1. The lowest BCUT2D eigenvalue weighted by molar-refractivity contribution is 0.194. The molecule has 2 amide bonds. The van der Waals surface area contributed by atoms with Gasteiger partial charge in [0.25, 0.3) is 0 Å². The van der Waals surface area contributed by atoms with E-state index in [2.05, 4.69) is 9.88 Å². The van der Waals surface area contributed by atoms with Crippen molar-refractivity contribution in [1.29, 1.82) is 0 Å². The van der Waals surface area contributed by atoms with Gasteiger partial charge in [-0.15, -0.1) is 11.8 Å². The number of urea groups is 1. The summed E-state index contributed by atoms with van der Waals surface area (Å²) in [5, 5.41) is 2.58. The van der Waals surface area contributed by atoms with Crippen molar-refractivity contribution in [1.82, 2.24) is 9.47 Å². The first kappa shape index (κ1) is 21.3. The Labute approximate surface area is 194 Å². The van der Waals surface area contributed by atoms with Crippen LogP contribution in [0.1, 0.15) is 22.9 Å². The summed E-state index contributed by atoms with van der Waals surface area (Å²) >= 11 is 1.64. The Hall–Kier alpha value is -3.58. The lowest BCUT2D eigenvalue weighted by atomic mass is 10.0. The van der Waals surface area contributed by atoms with Crippen LogP contribution in [-0.2, 0) is 6.54 Å². The second kappa shape index (κ2) is 8.75. The first-order valence-electron chi connectivity index (χ1n) is 10.5. The molecule has 7 heteroatoms. The molecule has 2 heterocycles. The quantitative estimate of drug-likeness (QED) is 0.349. The molecule has 5 rings (SSSR count). The normalized spacial score (nSPS) is 14.9. The van der Waals surface area contributed by atoms with Crippen molar-refractivity contribution in [3.63, 3.8) is 0 Å².